The van der Waals surface area contributed by atoms with Crippen LogP contribution >= 0.6 is 0 Å². The quantitative estimate of drug-likeness (QED) is 0.916. The van der Waals surface area contributed by atoms with Crippen molar-refractivity contribution >= 4 is 11.4 Å². The lowest BCUT2D eigenvalue weighted by molar-refractivity contribution is -0.00869. The molecule has 3 rings (SSSR count). The first-order valence-corrected chi connectivity index (χ1v) is 7.95. The topological polar surface area (TPSA) is 37.4 Å². The second kappa shape index (κ2) is 6.44. The lowest BCUT2D eigenvalue weighted by Gasteiger charge is -2.45. The van der Waals surface area contributed by atoms with Crippen LogP contribution in [0.4, 0.5) is 11.4 Å². The van der Waals surface area contributed by atoms with Crippen molar-refractivity contribution < 1.29 is 4.74 Å². The van der Waals surface area contributed by atoms with E-state index in [-0.39, 0.29) is 0 Å². The molecule has 1 aromatic rings. The van der Waals surface area contributed by atoms with Crippen molar-refractivity contribution in [1.82, 2.24) is 4.98 Å². The summed E-state index contributed by atoms with van der Waals surface area (Å²) in [6.45, 7) is 5.01. The molecule has 1 aliphatic heterocycles. The van der Waals surface area contributed by atoms with Crippen molar-refractivity contribution in [3.05, 3.63) is 18.5 Å². The number of hydrogen-bond acceptors (Lipinski definition) is 4. The van der Waals surface area contributed by atoms with Gasteiger partial charge in [-0.05, 0) is 25.3 Å². The Kier molecular flexibility index (Phi) is 4.41. The SMILES string of the molecule is CCCNc1cncc(N2CCOC3CCCCC32)c1. The zero-order valence-electron chi connectivity index (χ0n) is 12.3. The van der Waals surface area contributed by atoms with Crippen LogP contribution in [0.5, 0.6) is 0 Å². The van der Waals surface area contributed by atoms with Crippen LogP contribution in [0.25, 0.3) is 0 Å². The molecule has 0 bridgehead atoms. The Morgan fingerprint density at radius 3 is 3.15 bits per heavy atom. The first kappa shape index (κ1) is 13.7. The smallest absolute Gasteiger partial charge is 0.0779 e. The van der Waals surface area contributed by atoms with Crippen LogP contribution in [0.15, 0.2) is 18.5 Å². The third kappa shape index (κ3) is 2.90. The average Bonchev–Trinajstić information content (AvgIpc) is 2.52. The number of fused-ring (bicyclic) bond motifs is 1. The van der Waals surface area contributed by atoms with E-state index in [4.69, 9.17) is 4.74 Å². The molecule has 110 valence electrons. The molecule has 2 fully saturated rings. The fourth-order valence-electron chi connectivity index (χ4n) is 3.37. The lowest BCUT2D eigenvalue weighted by atomic mass is 9.90. The number of rotatable bonds is 4. The Hall–Kier alpha value is -1.29. The van der Waals surface area contributed by atoms with Gasteiger partial charge in [0.1, 0.15) is 0 Å². The number of aromatic nitrogens is 1. The first-order valence-electron chi connectivity index (χ1n) is 7.95. The summed E-state index contributed by atoms with van der Waals surface area (Å²) in [6, 6.07) is 2.78. The van der Waals surface area contributed by atoms with Gasteiger partial charge in [-0.3, -0.25) is 4.98 Å². The zero-order valence-corrected chi connectivity index (χ0v) is 12.3. The highest BCUT2D eigenvalue weighted by molar-refractivity contribution is 5.56. The number of ether oxygens (including phenoxy) is 1. The monoisotopic (exact) mass is 275 g/mol. The van der Waals surface area contributed by atoms with E-state index in [0.29, 0.717) is 12.1 Å². The highest BCUT2D eigenvalue weighted by Gasteiger charge is 2.34. The molecule has 1 aromatic heterocycles. The van der Waals surface area contributed by atoms with E-state index in [1.807, 2.05) is 12.4 Å². The van der Waals surface area contributed by atoms with E-state index < -0.39 is 0 Å². The van der Waals surface area contributed by atoms with Crippen LogP contribution in [0.3, 0.4) is 0 Å². The molecule has 20 heavy (non-hydrogen) atoms. The van der Waals surface area contributed by atoms with Crippen LogP contribution in [-0.2, 0) is 4.74 Å². The van der Waals surface area contributed by atoms with Crippen molar-refractivity contribution in [2.45, 2.75) is 51.2 Å². The normalized spacial score (nSPS) is 26.1. The van der Waals surface area contributed by atoms with Gasteiger partial charge in [0.15, 0.2) is 0 Å². The summed E-state index contributed by atoms with van der Waals surface area (Å²) >= 11 is 0. The molecule has 1 saturated heterocycles. The first-order chi connectivity index (χ1) is 9.88. The molecule has 4 nitrogen and oxygen atoms in total. The molecule has 1 N–H and O–H groups in total. The van der Waals surface area contributed by atoms with Crippen molar-refractivity contribution in [3.63, 3.8) is 0 Å². The second-order valence-electron chi connectivity index (χ2n) is 5.81. The Labute approximate surface area is 121 Å². The van der Waals surface area contributed by atoms with E-state index in [2.05, 4.69) is 28.2 Å². The van der Waals surface area contributed by atoms with Crippen molar-refractivity contribution in [2.24, 2.45) is 0 Å². The standard InChI is InChI=1S/C16H25N3O/c1-2-7-18-13-10-14(12-17-11-13)19-8-9-20-16-6-4-3-5-15(16)19/h10-12,15-16,18H,2-9H2,1H3. The molecule has 2 heterocycles. The van der Waals surface area contributed by atoms with Gasteiger partial charge < -0.3 is 15.0 Å². The van der Waals surface area contributed by atoms with Gasteiger partial charge in [-0.1, -0.05) is 19.8 Å². The molecule has 4 heteroatoms. The summed E-state index contributed by atoms with van der Waals surface area (Å²) in [4.78, 5) is 6.92. The summed E-state index contributed by atoms with van der Waals surface area (Å²) in [6.07, 6.45) is 10.6. The summed E-state index contributed by atoms with van der Waals surface area (Å²) < 4.78 is 5.95. The fraction of sp³-hybridized carbons (Fsp3) is 0.688. The van der Waals surface area contributed by atoms with Gasteiger partial charge in [0.2, 0.25) is 0 Å². The van der Waals surface area contributed by atoms with E-state index in [1.165, 1.54) is 31.4 Å². The molecule has 0 spiro atoms. The number of pyridine rings is 1. The summed E-state index contributed by atoms with van der Waals surface area (Å²) in [5.41, 5.74) is 2.37. The van der Waals surface area contributed by atoms with Crippen molar-refractivity contribution in [1.29, 1.82) is 0 Å². The Bertz CT molecular complexity index is 435. The number of anilines is 2. The fourth-order valence-corrected chi connectivity index (χ4v) is 3.37. The Morgan fingerprint density at radius 2 is 2.25 bits per heavy atom. The summed E-state index contributed by atoms with van der Waals surface area (Å²) in [5, 5.41) is 3.43. The molecule has 0 radical (unpaired) electrons. The van der Waals surface area contributed by atoms with Gasteiger partial charge in [0, 0.05) is 13.1 Å². The van der Waals surface area contributed by atoms with Gasteiger partial charge in [-0.25, -0.2) is 0 Å². The van der Waals surface area contributed by atoms with Crippen molar-refractivity contribution in [3.8, 4) is 0 Å². The van der Waals surface area contributed by atoms with Gasteiger partial charge in [-0.2, -0.15) is 0 Å². The van der Waals surface area contributed by atoms with E-state index in [1.54, 1.807) is 0 Å². The second-order valence-corrected chi connectivity index (χ2v) is 5.81. The van der Waals surface area contributed by atoms with E-state index >= 15 is 0 Å². The molecule has 0 amide bonds. The minimum atomic E-state index is 0.421. The van der Waals surface area contributed by atoms with E-state index in [0.717, 1.165) is 31.8 Å². The predicted octanol–water partition coefficient (Wildman–Crippen LogP) is 3.05. The number of nitrogens with one attached hydrogen (secondary N) is 1. The maximum Gasteiger partial charge on any atom is 0.0779 e. The Morgan fingerprint density at radius 1 is 1.35 bits per heavy atom. The molecular formula is C16H25N3O. The average molecular weight is 275 g/mol. The highest BCUT2D eigenvalue weighted by atomic mass is 16.5. The number of nitrogens with zero attached hydrogens (tertiary/aromatic N) is 2. The maximum atomic E-state index is 5.95. The minimum absolute atomic E-state index is 0.421. The van der Waals surface area contributed by atoms with Gasteiger partial charge in [-0.15, -0.1) is 0 Å². The van der Waals surface area contributed by atoms with E-state index in [9.17, 15) is 0 Å². The van der Waals surface area contributed by atoms with Crippen LogP contribution in [0.1, 0.15) is 39.0 Å². The molecule has 1 saturated carbocycles. The molecule has 0 aromatic carbocycles. The van der Waals surface area contributed by atoms with Crippen LogP contribution in [0, 0.1) is 0 Å². The molecule has 2 unspecified atom stereocenters. The zero-order chi connectivity index (χ0) is 13.8. The number of morpholine rings is 1. The highest BCUT2D eigenvalue weighted by Crippen LogP contribution is 2.32. The maximum absolute atomic E-state index is 5.95. The van der Waals surface area contributed by atoms with Crippen LogP contribution in [-0.4, -0.2) is 36.8 Å². The minimum Gasteiger partial charge on any atom is -0.384 e. The van der Waals surface area contributed by atoms with Crippen LogP contribution < -0.4 is 10.2 Å². The molecular weight excluding hydrogens is 250 g/mol. The Balaban J connectivity index is 1.76. The van der Waals surface area contributed by atoms with Gasteiger partial charge in [0.05, 0.1) is 42.5 Å². The van der Waals surface area contributed by atoms with Crippen LogP contribution in [0.2, 0.25) is 0 Å². The van der Waals surface area contributed by atoms with Gasteiger partial charge in [0.25, 0.3) is 0 Å². The lowest BCUT2D eigenvalue weighted by Crippen LogP contribution is -2.52. The molecule has 2 atom stereocenters. The molecule has 2 aliphatic rings. The third-order valence-electron chi connectivity index (χ3n) is 4.37. The predicted molar refractivity (Wildman–Crippen MR) is 82.4 cm³/mol. The third-order valence-corrected chi connectivity index (χ3v) is 4.37. The van der Waals surface area contributed by atoms with Crippen molar-refractivity contribution in [2.75, 3.05) is 29.9 Å². The number of hydrogen-bond donors (Lipinski definition) is 1. The molecule has 1 aliphatic carbocycles. The summed E-state index contributed by atoms with van der Waals surface area (Å²) in [5.74, 6) is 0. The summed E-state index contributed by atoms with van der Waals surface area (Å²) in [7, 11) is 0. The van der Waals surface area contributed by atoms with Gasteiger partial charge >= 0.3 is 0 Å². The largest absolute Gasteiger partial charge is 0.384 e.